The summed E-state index contributed by atoms with van der Waals surface area (Å²) in [5.74, 6) is 5.65. The second-order valence-electron chi connectivity index (χ2n) is 6.16. The minimum atomic E-state index is -4.42. The molecule has 0 bridgehead atoms. The van der Waals surface area contributed by atoms with Crippen molar-refractivity contribution in [3.05, 3.63) is 35.4 Å². The molecule has 130 valence electrons. The zero-order valence-electron chi connectivity index (χ0n) is 13.6. The molecule has 1 fully saturated rings. The van der Waals surface area contributed by atoms with Gasteiger partial charge in [-0.1, -0.05) is 56.1 Å². The standard InChI is InChI=1S/C19H22F3NO/c20-19(21,22)17-11-5-4-9-16(17)10-6-14-23-18(24)13-12-15-7-2-1-3-8-15/h4-5,9,11,15H,1-3,7-8,12-14H2,(H,23,24). The molecule has 0 atom stereocenters. The molecule has 0 radical (unpaired) electrons. The summed E-state index contributed by atoms with van der Waals surface area (Å²) >= 11 is 0. The van der Waals surface area contributed by atoms with Crippen LogP contribution in [0.3, 0.4) is 0 Å². The molecule has 0 unspecified atom stereocenters. The van der Waals surface area contributed by atoms with Gasteiger partial charge >= 0.3 is 6.18 Å². The number of alkyl halides is 3. The number of halogens is 3. The number of nitrogens with one attached hydrogen (secondary N) is 1. The van der Waals surface area contributed by atoms with Crippen molar-refractivity contribution in [1.82, 2.24) is 5.32 Å². The Kier molecular flexibility index (Phi) is 6.72. The SMILES string of the molecule is O=C(CCC1CCCCC1)NCC#Cc1ccccc1C(F)(F)F. The van der Waals surface area contributed by atoms with Crippen LogP contribution in [0.5, 0.6) is 0 Å². The highest BCUT2D eigenvalue weighted by atomic mass is 19.4. The van der Waals surface area contributed by atoms with Crippen molar-refractivity contribution in [2.45, 2.75) is 51.1 Å². The smallest absolute Gasteiger partial charge is 0.345 e. The molecule has 0 aliphatic heterocycles. The Bertz CT molecular complexity index is 607. The highest BCUT2D eigenvalue weighted by molar-refractivity contribution is 5.76. The van der Waals surface area contributed by atoms with E-state index in [1.165, 1.54) is 50.3 Å². The van der Waals surface area contributed by atoms with Crippen molar-refractivity contribution in [3.8, 4) is 11.8 Å². The zero-order valence-corrected chi connectivity index (χ0v) is 13.6. The Hall–Kier alpha value is -1.96. The molecule has 1 aromatic carbocycles. The molecule has 1 aliphatic rings. The maximum absolute atomic E-state index is 12.8. The number of amides is 1. The number of rotatable bonds is 4. The predicted molar refractivity (Wildman–Crippen MR) is 87.1 cm³/mol. The van der Waals surface area contributed by atoms with E-state index in [4.69, 9.17) is 0 Å². The molecule has 5 heteroatoms. The number of carbonyl (C=O) groups excluding carboxylic acids is 1. The summed E-state index contributed by atoms with van der Waals surface area (Å²) in [4.78, 5) is 11.8. The molecular weight excluding hydrogens is 315 g/mol. The Morgan fingerprint density at radius 1 is 1.17 bits per heavy atom. The lowest BCUT2D eigenvalue weighted by Gasteiger charge is -2.20. The van der Waals surface area contributed by atoms with Gasteiger partial charge in [-0.2, -0.15) is 13.2 Å². The third-order valence-corrected chi connectivity index (χ3v) is 4.33. The summed E-state index contributed by atoms with van der Waals surface area (Å²) in [5, 5.41) is 2.66. The van der Waals surface area contributed by atoms with Crippen LogP contribution in [0.15, 0.2) is 24.3 Å². The first-order chi connectivity index (χ1) is 11.5. The van der Waals surface area contributed by atoms with Crippen LogP contribution in [-0.2, 0) is 11.0 Å². The number of hydrogen-bond acceptors (Lipinski definition) is 1. The minimum absolute atomic E-state index is 0.0652. The Morgan fingerprint density at radius 3 is 2.58 bits per heavy atom. The fraction of sp³-hybridized carbons (Fsp3) is 0.526. The van der Waals surface area contributed by atoms with E-state index < -0.39 is 11.7 Å². The predicted octanol–water partition coefficient (Wildman–Crippen LogP) is 4.53. The minimum Gasteiger partial charge on any atom is -0.345 e. The number of benzene rings is 1. The summed E-state index contributed by atoms with van der Waals surface area (Å²) in [5.41, 5.74) is -0.817. The molecule has 1 amide bonds. The molecular formula is C19H22F3NO. The van der Waals surface area contributed by atoms with Gasteiger partial charge in [-0.15, -0.1) is 0 Å². The van der Waals surface area contributed by atoms with Crippen LogP contribution in [0.2, 0.25) is 0 Å². The van der Waals surface area contributed by atoms with Gasteiger partial charge < -0.3 is 5.32 Å². The quantitative estimate of drug-likeness (QED) is 0.804. The van der Waals surface area contributed by atoms with Gasteiger partial charge in [-0.05, 0) is 24.5 Å². The second kappa shape index (κ2) is 8.77. The Labute approximate surface area is 140 Å². The van der Waals surface area contributed by atoms with E-state index in [0.29, 0.717) is 12.3 Å². The average Bonchev–Trinajstić information content (AvgIpc) is 2.57. The fourth-order valence-corrected chi connectivity index (χ4v) is 3.02. The van der Waals surface area contributed by atoms with E-state index in [-0.39, 0.29) is 18.0 Å². The van der Waals surface area contributed by atoms with Crippen LogP contribution in [0.25, 0.3) is 0 Å². The highest BCUT2D eigenvalue weighted by Crippen LogP contribution is 2.31. The third kappa shape index (κ3) is 5.92. The van der Waals surface area contributed by atoms with Crippen LogP contribution in [0.4, 0.5) is 13.2 Å². The van der Waals surface area contributed by atoms with Gasteiger partial charge in [0.25, 0.3) is 0 Å². The van der Waals surface area contributed by atoms with E-state index in [1.54, 1.807) is 0 Å². The van der Waals surface area contributed by atoms with E-state index >= 15 is 0 Å². The van der Waals surface area contributed by atoms with Crippen molar-refractivity contribution >= 4 is 5.91 Å². The van der Waals surface area contributed by atoms with Gasteiger partial charge in [-0.25, -0.2) is 0 Å². The molecule has 2 rings (SSSR count). The van der Waals surface area contributed by atoms with Crippen molar-refractivity contribution < 1.29 is 18.0 Å². The van der Waals surface area contributed by atoms with Crippen LogP contribution >= 0.6 is 0 Å². The van der Waals surface area contributed by atoms with Crippen molar-refractivity contribution in [3.63, 3.8) is 0 Å². The largest absolute Gasteiger partial charge is 0.417 e. The van der Waals surface area contributed by atoms with E-state index in [1.807, 2.05) is 0 Å². The summed E-state index contributed by atoms with van der Waals surface area (Å²) < 4.78 is 38.5. The van der Waals surface area contributed by atoms with Gasteiger partial charge in [0.15, 0.2) is 0 Å². The summed E-state index contributed by atoms with van der Waals surface area (Å²) in [6, 6.07) is 5.19. The van der Waals surface area contributed by atoms with Gasteiger partial charge in [0.1, 0.15) is 0 Å². The van der Waals surface area contributed by atoms with Crippen molar-refractivity contribution in [1.29, 1.82) is 0 Å². The Morgan fingerprint density at radius 2 is 1.88 bits per heavy atom. The number of hydrogen-bond donors (Lipinski definition) is 1. The normalized spacial score (nSPS) is 15.5. The zero-order chi connectivity index (χ0) is 17.4. The first kappa shape index (κ1) is 18.4. The number of carbonyl (C=O) groups is 1. The topological polar surface area (TPSA) is 29.1 Å². The molecule has 0 saturated heterocycles. The average molecular weight is 337 g/mol. The molecule has 2 nitrogen and oxygen atoms in total. The monoisotopic (exact) mass is 337 g/mol. The lowest BCUT2D eigenvalue weighted by atomic mass is 9.86. The third-order valence-electron chi connectivity index (χ3n) is 4.33. The van der Waals surface area contributed by atoms with Gasteiger partial charge in [0, 0.05) is 12.0 Å². The first-order valence-corrected chi connectivity index (χ1v) is 8.38. The van der Waals surface area contributed by atoms with Crippen molar-refractivity contribution in [2.24, 2.45) is 5.92 Å². The van der Waals surface area contributed by atoms with Crippen LogP contribution in [0.1, 0.15) is 56.1 Å². The summed E-state index contributed by atoms with van der Waals surface area (Å²) in [7, 11) is 0. The maximum atomic E-state index is 12.8. The molecule has 0 spiro atoms. The first-order valence-electron chi connectivity index (χ1n) is 8.38. The van der Waals surface area contributed by atoms with Crippen LogP contribution in [-0.4, -0.2) is 12.5 Å². The lowest BCUT2D eigenvalue weighted by Crippen LogP contribution is -2.24. The molecule has 1 N–H and O–H groups in total. The summed E-state index contributed by atoms with van der Waals surface area (Å²) in [6.07, 6.45) is 3.10. The van der Waals surface area contributed by atoms with Gasteiger partial charge in [0.2, 0.25) is 5.91 Å². The lowest BCUT2D eigenvalue weighted by molar-refractivity contribution is -0.137. The van der Waals surface area contributed by atoms with E-state index in [0.717, 1.165) is 12.5 Å². The van der Waals surface area contributed by atoms with Gasteiger partial charge in [0.05, 0.1) is 12.1 Å². The fourth-order valence-electron chi connectivity index (χ4n) is 3.02. The Balaban J connectivity index is 1.78. The maximum Gasteiger partial charge on any atom is 0.417 e. The summed E-state index contributed by atoms with van der Waals surface area (Å²) in [6.45, 7) is 0.0652. The molecule has 1 aromatic rings. The molecule has 24 heavy (non-hydrogen) atoms. The highest BCUT2D eigenvalue weighted by Gasteiger charge is 2.32. The molecule has 0 heterocycles. The van der Waals surface area contributed by atoms with E-state index in [2.05, 4.69) is 17.2 Å². The van der Waals surface area contributed by atoms with Crippen LogP contribution < -0.4 is 5.32 Å². The molecule has 0 aromatic heterocycles. The molecule has 1 saturated carbocycles. The van der Waals surface area contributed by atoms with E-state index in [9.17, 15) is 18.0 Å². The van der Waals surface area contributed by atoms with Gasteiger partial charge in [-0.3, -0.25) is 4.79 Å². The molecule has 1 aliphatic carbocycles. The van der Waals surface area contributed by atoms with Crippen LogP contribution in [0, 0.1) is 17.8 Å². The second-order valence-corrected chi connectivity index (χ2v) is 6.16. The van der Waals surface area contributed by atoms with Crippen molar-refractivity contribution in [2.75, 3.05) is 6.54 Å².